The van der Waals surface area contributed by atoms with Crippen LogP contribution in [0.1, 0.15) is 24.0 Å². The van der Waals surface area contributed by atoms with Crippen molar-refractivity contribution < 1.29 is 14.3 Å². The van der Waals surface area contributed by atoms with Gasteiger partial charge in [0.1, 0.15) is 12.4 Å². The Labute approximate surface area is 177 Å². The van der Waals surface area contributed by atoms with E-state index in [2.05, 4.69) is 28.1 Å². The molecule has 1 fully saturated rings. The van der Waals surface area contributed by atoms with Gasteiger partial charge in [-0.15, -0.1) is 0 Å². The van der Waals surface area contributed by atoms with Crippen LogP contribution < -0.4 is 20.7 Å². The third-order valence-corrected chi connectivity index (χ3v) is 5.87. The van der Waals surface area contributed by atoms with Crippen LogP contribution in [0.15, 0.2) is 48.5 Å². The van der Waals surface area contributed by atoms with Crippen molar-refractivity contribution >= 4 is 17.5 Å². The Kier molecular flexibility index (Phi) is 6.64. The van der Waals surface area contributed by atoms with Crippen molar-refractivity contribution in [1.82, 2.24) is 10.6 Å². The number of fused-ring (bicyclic) bond motifs is 1. The minimum atomic E-state index is -0.219. The summed E-state index contributed by atoms with van der Waals surface area (Å²) in [6, 6.07) is 15.7. The zero-order valence-electron chi connectivity index (χ0n) is 17.2. The number of anilines is 1. The molecule has 6 nitrogen and oxygen atoms in total. The second-order valence-electron chi connectivity index (χ2n) is 8.07. The van der Waals surface area contributed by atoms with Crippen LogP contribution in [0.2, 0.25) is 0 Å². The highest BCUT2D eigenvalue weighted by molar-refractivity contribution is 5.93. The van der Waals surface area contributed by atoms with E-state index >= 15 is 0 Å². The van der Waals surface area contributed by atoms with E-state index in [1.807, 2.05) is 36.4 Å². The highest BCUT2D eigenvalue weighted by atomic mass is 16.5. The fourth-order valence-electron chi connectivity index (χ4n) is 4.24. The van der Waals surface area contributed by atoms with E-state index in [0.29, 0.717) is 32.7 Å². The van der Waals surface area contributed by atoms with Crippen molar-refractivity contribution in [2.45, 2.75) is 25.7 Å². The standard InChI is InChI=1S/C24H29N3O3/c28-23(26-11-12-30-22-7-2-1-3-8-22)19-13-20(16-25-15-19)24(29)27-21-10-9-17-5-4-6-18(17)14-21/h1-3,7-10,14,19-20,25H,4-6,11-13,15-16H2,(H,26,28)(H,27,29)/t19-,20+/m0/s1. The number of nitrogens with one attached hydrogen (secondary N) is 3. The fourth-order valence-corrected chi connectivity index (χ4v) is 4.24. The highest BCUT2D eigenvalue weighted by Gasteiger charge is 2.31. The van der Waals surface area contributed by atoms with E-state index < -0.39 is 0 Å². The van der Waals surface area contributed by atoms with Gasteiger partial charge in [0.05, 0.1) is 18.4 Å². The van der Waals surface area contributed by atoms with Gasteiger partial charge < -0.3 is 20.7 Å². The molecule has 1 heterocycles. The molecule has 1 saturated heterocycles. The molecule has 1 aliphatic heterocycles. The molecule has 0 spiro atoms. The number of rotatable bonds is 7. The Hall–Kier alpha value is -2.86. The first-order chi connectivity index (χ1) is 14.7. The minimum Gasteiger partial charge on any atom is -0.492 e. The monoisotopic (exact) mass is 407 g/mol. The second-order valence-corrected chi connectivity index (χ2v) is 8.07. The van der Waals surface area contributed by atoms with E-state index in [1.54, 1.807) is 0 Å². The maximum absolute atomic E-state index is 12.8. The minimum absolute atomic E-state index is 0.0228. The molecule has 3 N–H and O–H groups in total. The summed E-state index contributed by atoms with van der Waals surface area (Å²) in [5, 5.41) is 9.20. The molecule has 30 heavy (non-hydrogen) atoms. The molecule has 0 radical (unpaired) electrons. The number of para-hydroxylation sites is 1. The SMILES string of the molecule is O=C(NCCOc1ccccc1)[C@@H]1CNC[C@H](C(=O)Nc2ccc3c(c2)CCC3)C1. The van der Waals surface area contributed by atoms with Crippen LogP contribution in [0.5, 0.6) is 5.75 Å². The summed E-state index contributed by atoms with van der Waals surface area (Å²) in [5.41, 5.74) is 3.58. The van der Waals surface area contributed by atoms with Crippen molar-refractivity contribution in [3.63, 3.8) is 0 Å². The normalized spacial score (nSPS) is 20.3. The van der Waals surface area contributed by atoms with Crippen LogP contribution in [0.4, 0.5) is 5.69 Å². The molecule has 4 rings (SSSR count). The van der Waals surface area contributed by atoms with Gasteiger partial charge >= 0.3 is 0 Å². The summed E-state index contributed by atoms with van der Waals surface area (Å²) in [5.74, 6) is 0.295. The number of aryl methyl sites for hydroxylation is 2. The van der Waals surface area contributed by atoms with Gasteiger partial charge in [-0.1, -0.05) is 24.3 Å². The first-order valence-electron chi connectivity index (χ1n) is 10.8. The Morgan fingerprint density at radius 1 is 0.967 bits per heavy atom. The zero-order chi connectivity index (χ0) is 20.8. The lowest BCUT2D eigenvalue weighted by molar-refractivity contribution is -0.127. The van der Waals surface area contributed by atoms with Crippen molar-refractivity contribution in [2.75, 3.05) is 31.6 Å². The summed E-state index contributed by atoms with van der Waals surface area (Å²) in [7, 11) is 0. The van der Waals surface area contributed by atoms with Crippen LogP contribution in [0.3, 0.4) is 0 Å². The number of hydrogen-bond acceptors (Lipinski definition) is 4. The highest BCUT2D eigenvalue weighted by Crippen LogP contribution is 2.26. The van der Waals surface area contributed by atoms with Crippen LogP contribution in [-0.2, 0) is 22.4 Å². The van der Waals surface area contributed by atoms with Gasteiger partial charge in [0, 0.05) is 18.8 Å². The average Bonchev–Trinajstić information content (AvgIpc) is 3.25. The smallest absolute Gasteiger partial charge is 0.228 e. The summed E-state index contributed by atoms with van der Waals surface area (Å²) >= 11 is 0. The van der Waals surface area contributed by atoms with Gasteiger partial charge in [0.15, 0.2) is 0 Å². The zero-order valence-corrected chi connectivity index (χ0v) is 17.2. The maximum atomic E-state index is 12.8. The third kappa shape index (κ3) is 5.19. The molecule has 0 unspecified atom stereocenters. The molecule has 2 aromatic rings. The maximum Gasteiger partial charge on any atom is 0.228 e. The molecule has 0 aromatic heterocycles. The van der Waals surface area contributed by atoms with Crippen LogP contribution >= 0.6 is 0 Å². The quantitative estimate of drug-likeness (QED) is 0.617. The molecular weight excluding hydrogens is 378 g/mol. The molecule has 2 amide bonds. The lowest BCUT2D eigenvalue weighted by Gasteiger charge is -2.28. The van der Waals surface area contributed by atoms with E-state index in [0.717, 1.165) is 24.3 Å². The van der Waals surface area contributed by atoms with Crippen molar-refractivity contribution in [2.24, 2.45) is 11.8 Å². The largest absolute Gasteiger partial charge is 0.492 e. The predicted octanol–water partition coefficient (Wildman–Crippen LogP) is 2.53. The number of hydrogen-bond donors (Lipinski definition) is 3. The number of carbonyl (C=O) groups excluding carboxylic acids is 2. The van der Waals surface area contributed by atoms with Crippen LogP contribution in [-0.4, -0.2) is 38.1 Å². The number of amides is 2. The summed E-state index contributed by atoms with van der Waals surface area (Å²) in [6.45, 7) is 2.04. The third-order valence-electron chi connectivity index (χ3n) is 5.87. The molecular formula is C24H29N3O3. The van der Waals surface area contributed by atoms with Crippen LogP contribution in [0.25, 0.3) is 0 Å². The van der Waals surface area contributed by atoms with Crippen molar-refractivity contribution in [1.29, 1.82) is 0 Å². The molecule has 6 heteroatoms. The second kappa shape index (κ2) is 9.76. The Morgan fingerprint density at radius 3 is 2.57 bits per heavy atom. The van der Waals surface area contributed by atoms with Gasteiger partial charge in [0.2, 0.25) is 11.8 Å². The molecule has 1 aliphatic carbocycles. The Bertz CT molecular complexity index is 885. The van der Waals surface area contributed by atoms with E-state index in [4.69, 9.17) is 4.74 Å². The molecule has 2 aromatic carbocycles. The summed E-state index contributed by atoms with van der Waals surface area (Å²) in [4.78, 5) is 25.3. The van der Waals surface area contributed by atoms with E-state index in [1.165, 1.54) is 17.5 Å². The number of benzene rings is 2. The Morgan fingerprint density at radius 2 is 1.73 bits per heavy atom. The molecule has 0 bridgehead atoms. The topological polar surface area (TPSA) is 79.5 Å². The van der Waals surface area contributed by atoms with Gasteiger partial charge in [-0.25, -0.2) is 0 Å². The molecule has 158 valence electrons. The van der Waals surface area contributed by atoms with E-state index in [-0.39, 0.29) is 23.7 Å². The fraction of sp³-hybridized carbons (Fsp3) is 0.417. The van der Waals surface area contributed by atoms with Crippen LogP contribution in [0, 0.1) is 11.8 Å². The number of ether oxygens (including phenoxy) is 1. The van der Waals surface area contributed by atoms with Crippen molar-refractivity contribution in [3.05, 3.63) is 59.7 Å². The molecule has 2 aliphatic rings. The van der Waals surface area contributed by atoms with Crippen molar-refractivity contribution in [3.8, 4) is 5.75 Å². The summed E-state index contributed by atoms with van der Waals surface area (Å²) < 4.78 is 5.61. The molecule has 0 saturated carbocycles. The number of carbonyl (C=O) groups is 2. The summed E-state index contributed by atoms with van der Waals surface area (Å²) in [6.07, 6.45) is 3.95. The van der Waals surface area contributed by atoms with Gasteiger partial charge in [-0.2, -0.15) is 0 Å². The predicted molar refractivity (Wildman–Crippen MR) is 117 cm³/mol. The van der Waals surface area contributed by atoms with E-state index in [9.17, 15) is 9.59 Å². The first-order valence-corrected chi connectivity index (χ1v) is 10.8. The number of piperidine rings is 1. The van der Waals surface area contributed by atoms with Gasteiger partial charge in [0.25, 0.3) is 0 Å². The molecule has 2 atom stereocenters. The average molecular weight is 408 g/mol. The van der Waals surface area contributed by atoms with Gasteiger partial charge in [-0.05, 0) is 61.1 Å². The Balaban J connectivity index is 1.23. The lowest BCUT2D eigenvalue weighted by Crippen LogP contribution is -2.47. The first kappa shape index (κ1) is 20.4. The van der Waals surface area contributed by atoms with Gasteiger partial charge in [-0.3, -0.25) is 9.59 Å². The lowest BCUT2D eigenvalue weighted by atomic mass is 9.89.